The minimum atomic E-state index is -0.738. The second kappa shape index (κ2) is 5.49. The molecular formula is C14H9FN4O2. The lowest BCUT2D eigenvalue weighted by Crippen LogP contribution is -2.12. The van der Waals surface area contributed by atoms with Crippen LogP contribution in [0.3, 0.4) is 0 Å². The molecule has 0 saturated heterocycles. The molecule has 3 rings (SSSR count). The molecule has 0 bridgehead atoms. The molecule has 1 amide bonds. The summed E-state index contributed by atoms with van der Waals surface area (Å²) in [4.78, 5) is 15.3. The number of amides is 1. The zero-order valence-corrected chi connectivity index (χ0v) is 10.7. The van der Waals surface area contributed by atoms with E-state index in [0.29, 0.717) is 0 Å². The fraction of sp³-hybridized carbons (Fsp3) is 0. The van der Waals surface area contributed by atoms with Crippen molar-refractivity contribution in [2.45, 2.75) is 0 Å². The van der Waals surface area contributed by atoms with Gasteiger partial charge in [0.2, 0.25) is 11.8 Å². The number of hydrogen-bond donors (Lipinski definition) is 1. The van der Waals surface area contributed by atoms with Gasteiger partial charge in [-0.2, -0.15) is 4.39 Å². The molecule has 0 radical (unpaired) electrons. The van der Waals surface area contributed by atoms with Crippen molar-refractivity contribution < 1.29 is 13.6 Å². The largest absolute Gasteiger partial charge is 0.403 e. The molecule has 0 saturated carbocycles. The molecule has 2 aromatic heterocycles. The molecule has 1 aromatic carbocycles. The van der Waals surface area contributed by atoms with Gasteiger partial charge in [0.05, 0.1) is 0 Å². The highest BCUT2D eigenvalue weighted by Crippen LogP contribution is 2.19. The highest BCUT2D eigenvalue weighted by atomic mass is 19.1. The minimum absolute atomic E-state index is 0.0592. The van der Waals surface area contributed by atoms with E-state index in [0.717, 1.165) is 11.6 Å². The van der Waals surface area contributed by atoms with E-state index >= 15 is 0 Å². The summed E-state index contributed by atoms with van der Waals surface area (Å²) in [6.45, 7) is 0. The van der Waals surface area contributed by atoms with Crippen molar-refractivity contribution >= 4 is 11.9 Å². The van der Waals surface area contributed by atoms with Crippen molar-refractivity contribution in [3.63, 3.8) is 0 Å². The molecule has 0 spiro atoms. The third kappa shape index (κ3) is 2.92. The van der Waals surface area contributed by atoms with E-state index in [9.17, 15) is 9.18 Å². The van der Waals surface area contributed by atoms with Crippen molar-refractivity contribution in [3.05, 3.63) is 60.2 Å². The maximum absolute atomic E-state index is 12.9. The predicted molar refractivity (Wildman–Crippen MR) is 71.9 cm³/mol. The SMILES string of the molecule is O=C(Nc1nnc(-c2ccccc2)o1)c1ccnc(F)c1. The number of nitrogens with zero attached hydrogens (tertiary/aromatic N) is 3. The van der Waals surface area contributed by atoms with E-state index < -0.39 is 11.9 Å². The highest BCUT2D eigenvalue weighted by molar-refractivity contribution is 6.03. The number of halogens is 1. The molecule has 0 unspecified atom stereocenters. The van der Waals surface area contributed by atoms with Crippen LogP contribution in [0.1, 0.15) is 10.4 Å². The van der Waals surface area contributed by atoms with Gasteiger partial charge in [-0.15, -0.1) is 5.10 Å². The van der Waals surface area contributed by atoms with E-state index in [-0.39, 0.29) is 17.5 Å². The number of rotatable bonds is 3. The summed E-state index contributed by atoms with van der Waals surface area (Å²) in [7, 11) is 0. The molecule has 3 aromatic rings. The van der Waals surface area contributed by atoms with Gasteiger partial charge in [-0.05, 0) is 18.2 Å². The Labute approximate surface area is 118 Å². The Morgan fingerprint density at radius 3 is 2.71 bits per heavy atom. The third-order valence-electron chi connectivity index (χ3n) is 2.65. The van der Waals surface area contributed by atoms with Crippen molar-refractivity contribution in [1.29, 1.82) is 0 Å². The van der Waals surface area contributed by atoms with Crippen LogP contribution >= 0.6 is 0 Å². The molecule has 0 atom stereocenters. The summed E-state index contributed by atoms with van der Waals surface area (Å²) < 4.78 is 18.3. The first-order valence-electron chi connectivity index (χ1n) is 6.04. The number of pyridine rings is 1. The first-order chi connectivity index (χ1) is 10.2. The summed E-state index contributed by atoms with van der Waals surface area (Å²) in [6.07, 6.45) is 1.20. The highest BCUT2D eigenvalue weighted by Gasteiger charge is 2.13. The van der Waals surface area contributed by atoms with Gasteiger partial charge in [-0.3, -0.25) is 10.1 Å². The Morgan fingerprint density at radius 1 is 1.14 bits per heavy atom. The molecule has 1 N–H and O–H groups in total. The smallest absolute Gasteiger partial charge is 0.322 e. The number of nitrogens with one attached hydrogen (secondary N) is 1. The molecule has 0 fully saturated rings. The van der Waals surface area contributed by atoms with Crippen LogP contribution in [-0.4, -0.2) is 21.1 Å². The van der Waals surface area contributed by atoms with Crippen LogP contribution in [0.15, 0.2) is 53.1 Å². The number of aromatic nitrogens is 3. The van der Waals surface area contributed by atoms with Gasteiger partial charge in [-0.1, -0.05) is 23.3 Å². The molecule has 6 nitrogen and oxygen atoms in total. The molecule has 7 heteroatoms. The molecule has 104 valence electrons. The molecule has 0 aliphatic carbocycles. The van der Waals surface area contributed by atoms with Gasteiger partial charge in [0.15, 0.2) is 0 Å². The Bertz CT molecular complexity index is 773. The minimum Gasteiger partial charge on any atom is -0.403 e. The van der Waals surface area contributed by atoms with Crippen LogP contribution in [0.5, 0.6) is 0 Å². The number of anilines is 1. The van der Waals surface area contributed by atoms with Gasteiger partial charge in [0, 0.05) is 23.4 Å². The summed E-state index contributed by atoms with van der Waals surface area (Å²) in [5, 5.41) is 9.96. The number of carbonyl (C=O) groups is 1. The van der Waals surface area contributed by atoms with Gasteiger partial charge >= 0.3 is 6.01 Å². The first-order valence-corrected chi connectivity index (χ1v) is 6.04. The van der Waals surface area contributed by atoms with Crippen molar-refractivity contribution in [3.8, 4) is 11.5 Å². The van der Waals surface area contributed by atoms with E-state index in [4.69, 9.17) is 4.42 Å². The number of benzene rings is 1. The van der Waals surface area contributed by atoms with Gasteiger partial charge in [-0.25, -0.2) is 4.98 Å². The normalized spacial score (nSPS) is 10.3. The monoisotopic (exact) mass is 284 g/mol. The average Bonchev–Trinajstić information content (AvgIpc) is 2.97. The van der Waals surface area contributed by atoms with Gasteiger partial charge in [0.1, 0.15) is 0 Å². The van der Waals surface area contributed by atoms with Crippen LogP contribution in [0.4, 0.5) is 10.4 Å². The van der Waals surface area contributed by atoms with Crippen LogP contribution in [0, 0.1) is 5.95 Å². The molecule has 0 aliphatic heterocycles. The maximum Gasteiger partial charge on any atom is 0.322 e. The van der Waals surface area contributed by atoms with Crippen LogP contribution < -0.4 is 5.32 Å². The lowest BCUT2D eigenvalue weighted by Gasteiger charge is -1.99. The summed E-state index contributed by atoms with van der Waals surface area (Å²) >= 11 is 0. The van der Waals surface area contributed by atoms with Crippen molar-refractivity contribution in [1.82, 2.24) is 15.2 Å². The number of hydrogen-bond acceptors (Lipinski definition) is 5. The average molecular weight is 284 g/mol. The standard InChI is InChI=1S/C14H9FN4O2/c15-11-8-10(6-7-16-11)12(20)17-14-19-18-13(21-14)9-4-2-1-3-5-9/h1-8H,(H,17,19,20). The van der Waals surface area contributed by atoms with Gasteiger partial charge in [0.25, 0.3) is 5.91 Å². The maximum atomic E-state index is 12.9. The zero-order valence-electron chi connectivity index (χ0n) is 10.7. The van der Waals surface area contributed by atoms with Gasteiger partial charge < -0.3 is 4.42 Å². The fourth-order valence-corrected chi connectivity index (χ4v) is 1.68. The summed E-state index contributed by atoms with van der Waals surface area (Å²) in [6, 6.07) is 11.5. The van der Waals surface area contributed by atoms with Crippen molar-refractivity contribution in [2.75, 3.05) is 5.32 Å². The van der Waals surface area contributed by atoms with Crippen LogP contribution in [0.2, 0.25) is 0 Å². The number of carbonyl (C=O) groups excluding carboxylic acids is 1. The Kier molecular flexibility index (Phi) is 3.38. The second-order valence-corrected chi connectivity index (χ2v) is 4.10. The predicted octanol–water partition coefficient (Wildman–Crippen LogP) is 2.52. The molecule has 21 heavy (non-hydrogen) atoms. The Morgan fingerprint density at radius 2 is 1.95 bits per heavy atom. The van der Waals surface area contributed by atoms with Crippen LogP contribution in [-0.2, 0) is 0 Å². The summed E-state index contributed by atoms with van der Waals surface area (Å²) in [5.41, 5.74) is 0.849. The summed E-state index contributed by atoms with van der Waals surface area (Å²) in [5.74, 6) is -1.01. The van der Waals surface area contributed by atoms with E-state index in [1.54, 1.807) is 12.1 Å². The van der Waals surface area contributed by atoms with Crippen LogP contribution in [0.25, 0.3) is 11.5 Å². The lowest BCUT2D eigenvalue weighted by molar-refractivity contribution is 0.102. The van der Waals surface area contributed by atoms with E-state index in [1.807, 2.05) is 18.2 Å². The van der Waals surface area contributed by atoms with E-state index in [2.05, 4.69) is 20.5 Å². The molecule has 0 aliphatic rings. The zero-order chi connectivity index (χ0) is 14.7. The lowest BCUT2D eigenvalue weighted by atomic mass is 10.2. The fourth-order valence-electron chi connectivity index (χ4n) is 1.68. The van der Waals surface area contributed by atoms with Crippen molar-refractivity contribution in [2.24, 2.45) is 0 Å². The second-order valence-electron chi connectivity index (χ2n) is 4.10. The van der Waals surface area contributed by atoms with E-state index in [1.165, 1.54) is 12.3 Å². The molecular weight excluding hydrogens is 275 g/mol. The first kappa shape index (κ1) is 12.9. The topological polar surface area (TPSA) is 80.9 Å². The Hall–Kier alpha value is -3.09. The Balaban J connectivity index is 1.77. The third-order valence-corrected chi connectivity index (χ3v) is 2.65. The quantitative estimate of drug-likeness (QED) is 0.747. The molecule has 2 heterocycles.